The first-order valence-electron chi connectivity index (χ1n) is 8.88. The number of hydrogen-bond donors (Lipinski definition) is 4. The fourth-order valence-electron chi connectivity index (χ4n) is 2.63. The van der Waals surface area contributed by atoms with Gasteiger partial charge in [-0.2, -0.15) is 0 Å². The molecular weight excluding hydrogens is 408 g/mol. The van der Waals surface area contributed by atoms with Crippen LogP contribution in [0.1, 0.15) is 21.6 Å². The van der Waals surface area contributed by atoms with Crippen LogP contribution in [0.15, 0.2) is 54.7 Å². The Kier molecular flexibility index (Phi) is 6.38. The number of aromatic nitrogens is 1. The number of amides is 3. The molecule has 0 bridgehead atoms. The van der Waals surface area contributed by atoms with Crippen LogP contribution >= 0.6 is 11.6 Å². The third-order valence-corrected chi connectivity index (χ3v) is 4.35. The van der Waals surface area contributed by atoms with Gasteiger partial charge in [-0.15, -0.1) is 0 Å². The van der Waals surface area contributed by atoms with Crippen molar-refractivity contribution in [1.29, 1.82) is 0 Å². The molecule has 0 saturated carbocycles. The number of aryl methyl sites for hydroxylation is 1. The highest BCUT2D eigenvalue weighted by molar-refractivity contribution is 6.31. The van der Waals surface area contributed by atoms with Crippen LogP contribution < -0.4 is 21.1 Å². The molecule has 1 heterocycles. The van der Waals surface area contributed by atoms with Crippen LogP contribution in [-0.4, -0.2) is 22.0 Å². The first kappa shape index (κ1) is 20.9. The molecule has 0 spiro atoms. The van der Waals surface area contributed by atoms with E-state index in [1.165, 1.54) is 30.5 Å². The molecule has 0 aliphatic heterocycles. The second-order valence-corrected chi connectivity index (χ2v) is 6.85. The first-order valence-corrected chi connectivity index (χ1v) is 9.26. The van der Waals surface area contributed by atoms with E-state index >= 15 is 0 Å². The number of benzene rings is 2. The van der Waals surface area contributed by atoms with Crippen molar-refractivity contribution in [3.8, 4) is 17.2 Å². The van der Waals surface area contributed by atoms with Gasteiger partial charge in [0, 0.05) is 23.8 Å². The van der Waals surface area contributed by atoms with E-state index < -0.39 is 11.9 Å². The number of anilines is 1. The van der Waals surface area contributed by atoms with Crippen molar-refractivity contribution in [2.75, 3.05) is 5.32 Å². The zero-order valence-corrected chi connectivity index (χ0v) is 16.7. The number of primary amides is 1. The Balaban J connectivity index is 1.61. The molecule has 0 aliphatic rings. The lowest BCUT2D eigenvalue weighted by molar-refractivity contribution is 0.0995. The number of carbonyl (C=O) groups excluding carboxylic acids is 2. The molecule has 0 saturated heterocycles. The summed E-state index contributed by atoms with van der Waals surface area (Å²) in [6.45, 7) is 2.12. The largest absolute Gasteiger partial charge is 0.506 e. The summed E-state index contributed by atoms with van der Waals surface area (Å²) in [5, 5.41) is 15.4. The molecule has 2 aromatic carbocycles. The highest BCUT2D eigenvalue weighted by Crippen LogP contribution is 2.27. The van der Waals surface area contributed by atoms with Gasteiger partial charge in [0.2, 0.25) is 0 Å². The standard InChI is InChI=1S/C21H19ClN4O4/c1-12-8-13(11-25-21(29)26-16-9-14(22)3-4-18(16)27)2-5-19(12)30-15-6-7-24-17(10-15)20(23)28/h2-10,27H,11H2,1H3,(H2,23,28)(H2,25,26,29). The van der Waals surface area contributed by atoms with Crippen LogP contribution in [0.5, 0.6) is 17.2 Å². The van der Waals surface area contributed by atoms with E-state index in [9.17, 15) is 14.7 Å². The molecule has 0 fully saturated rings. The number of urea groups is 1. The van der Waals surface area contributed by atoms with Crippen LogP contribution in [0, 0.1) is 6.92 Å². The second kappa shape index (κ2) is 9.15. The van der Waals surface area contributed by atoms with Gasteiger partial charge in [-0.25, -0.2) is 4.79 Å². The average Bonchev–Trinajstić information content (AvgIpc) is 2.71. The molecular formula is C21H19ClN4O4. The summed E-state index contributed by atoms with van der Waals surface area (Å²) in [5.74, 6) is 0.313. The molecule has 9 heteroatoms. The van der Waals surface area contributed by atoms with Gasteiger partial charge in [0.05, 0.1) is 5.69 Å². The molecule has 8 nitrogen and oxygen atoms in total. The Morgan fingerprint density at radius 2 is 1.97 bits per heavy atom. The number of carbonyl (C=O) groups is 2. The summed E-state index contributed by atoms with van der Waals surface area (Å²) < 4.78 is 5.80. The maximum Gasteiger partial charge on any atom is 0.319 e. The maximum absolute atomic E-state index is 12.1. The summed E-state index contributed by atoms with van der Waals surface area (Å²) in [4.78, 5) is 27.2. The second-order valence-electron chi connectivity index (χ2n) is 6.41. The Morgan fingerprint density at radius 3 is 2.70 bits per heavy atom. The molecule has 0 radical (unpaired) electrons. The van der Waals surface area contributed by atoms with Gasteiger partial charge in [0.15, 0.2) is 0 Å². The van der Waals surface area contributed by atoms with Gasteiger partial charge in [-0.05, 0) is 48.4 Å². The topological polar surface area (TPSA) is 127 Å². The SMILES string of the molecule is Cc1cc(CNC(=O)Nc2cc(Cl)ccc2O)ccc1Oc1ccnc(C(N)=O)c1. The summed E-state index contributed by atoms with van der Waals surface area (Å²) >= 11 is 5.87. The molecule has 5 N–H and O–H groups in total. The zero-order valence-electron chi connectivity index (χ0n) is 16.0. The Labute approximate surface area is 177 Å². The zero-order chi connectivity index (χ0) is 21.7. The lowest BCUT2D eigenvalue weighted by Crippen LogP contribution is -2.28. The smallest absolute Gasteiger partial charge is 0.319 e. The fraction of sp³-hybridized carbons (Fsp3) is 0.0952. The van der Waals surface area contributed by atoms with Crippen molar-refractivity contribution in [3.05, 3.63) is 76.6 Å². The highest BCUT2D eigenvalue weighted by Gasteiger charge is 2.09. The molecule has 3 aromatic rings. The quantitative estimate of drug-likeness (QED) is 0.444. The van der Waals surface area contributed by atoms with Gasteiger partial charge in [0.1, 0.15) is 22.9 Å². The monoisotopic (exact) mass is 426 g/mol. The normalized spacial score (nSPS) is 10.3. The van der Waals surface area contributed by atoms with E-state index in [0.29, 0.717) is 16.5 Å². The number of pyridine rings is 1. The number of nitrogens with one attached hydrogen (secondary N) is 2. The number of aromatic hydroxyl groups is 1. The van der Waals surface area contributed by atoms with E-state index in [2.05, 4.69) is 15.6 Å². The van der Waals surface area contributed by atoms with Crippen LogP contribution in [0.3, 0.4) is 0 Å². The van der Waals surface area contributed by atoms with Gasteiger partial charge in [-0.3, -0.25) is 9.78 Å². The van der Waals surface area contributed by atoms with Crippen LogP contribution in [0.25, 0.3) is 0 Å². The van der Waals surface area contributed by atoms with Gasteiger partial charge < -0.3 is 26.2 Å². The summed E-state index contributed by atoms with van der Waals surface area (Å²) in [6.07, 6.45) is 1.44. The van der Waals surface area contributed by atoms with Crippen LogP contribution in [-0.2, 0) is 6.54 Å². The number of nitrogens with zero attached hydrogens (tertiary/aromatic N) is 1. The van der Waals surface area contributed by atoms with Crippen molar-refractivity contribution in [2.24, 2.45) is 5.73 Å². The molecule has 30 heavy (non-hydrogen) atoms. The van der Waals surface area contributed by atoms with Gasteiger partial charge in [0.25, 0.3) is 5.91 Å². The lowest BCUT2D eigenvalue weighted by atomic mass is 10.1. The van der Waals surface area contributed by atoms with Crippen molar-refractivity contribution >= 4 is 29.2 Å². The Morgan fingerprint density at radius 1 is 1.17 bits per heavy atom. The minimum absolute atomic E-state index is 0.0810. The predicted octanol–water partition coefficient (Wildman–Crippen LogP) is 3.96. The first-order chi connectivity index (χ1) is 14.3. The molecule has 1 aromatic heterocycles. The van der Waals surface area contributed by atoms with E-state index in [1.54, 1.807) is 18.2 Å². The van der Waals surface area contributed by atoms with E-state index in [1.807, 2.05) is 13.0 Å². The number of phenols is 1. The van der Waals surface area contributed by atoms with Gasteiger partial charge in [-0.1, -0.05) is 23.7 Å². The van der Waals surface area contributed by atoms with Crippen molar-refractivity contribution in [2.45, 2.75) is 13.5 Å². The molecule has 0 atom stereocenters. The third kappa shape index (κ3) is 5.39. The Bertz CT molecular complexity index is 1100. The van der Waals surface area contributed by atoms with Gasteiger partial charge >= 0.3 is 6.03 Å². The van der Waals surface area contributed by atoms with Crippen LogP contribution in [0.2, 0.25) is 5.02 Å². The van der Waals surface area contributed by atoms with Crippen molar-refractivity contribution in [1.82, 2.24) is 10.3 Å². The molecule has 3 amide bonds. The highest BCUT2D eigenvalue weighted by atomic mass is 35.5. The van der Waals surface area contributed by atoms with E-state index in [0.717, 1.165) is 11.1 Å². The molecule has 0 unspecified atom stereocenters. The van der Waals surface area contributed by atoms with E-state index in [-0.39, 0.29) is 23.7 Å². The minimum Gasteiger partial charge on any atom is -0.506 e. The summed E-state index contributed by atoms with van der Waals surface area (Å²) in [7, 11) is 0. The number of hydrogen-bond acceptors (Lipinski definition) is 5. The maximum atomic E-state index is 12.1. The van der Waals surface area contributed by atoms with Crippen molar-refractivity contribution in [3.63, 3.8) is 0 Å². The fourth-order valence-corrected chi connectivity index (χ4v) is 2.80. The number of phenolic OH excluding ortho intramolecular Hbond substituents is 1. The molecule has 3 rings (SSSR count). The number of ether oxygens (including phenoxy) is 1. The Hall–Kier alpha value is -3.78. The molecule has 0 aliphatic carbocycles. The summed E-state index contributed by atoms with van der Waals surface area (Å²) in [5.41, 5.74) is 7.24. The number of rotatable bonds is 6. The average molecular weight is 427 g/mol. The minimum atomic E-state index is -0.636. The lowest BCUT2D eigenvalue weighted by Gasteiger charge is -2.12. The predicted molar refractivity (Wildman–Crippen MR) is 113 cm³/mol. The van der Waals surface area contributed by atoms with Crippen LogP contribution in [0.4, 0.5) is 10.5 Å². The molecule has 154 valence electrons. The number of halogens is 1. The van der Waals surface area contributed by atoms with E-state index in [4.69, 9.17) is 22.1 Å². The number of nitrogens with two attached hydrogens (primary N) is 1. The summed E-state index contributed by atoms with van der Waals surface area (Å²) in [6, 6.07) is 12.4. The third-order valence-electron chi connectivity index (χ3n) is 4.11. The van der Waals surface area contributed by atoms with Crippen molar-refractivity contribution < 1.29 is 19.4 Å².